The van der Waals surface area contributed by atoms with Gasteiger partial charge in [-0.2, -0.15) is 0 Å². The van der Waals surface area contributed by atoms with Crippen molar-refractivity contribution in [2.45, 2.75) is 29.4 Å². The van der Waals surface area contributed by atoms with Crippen molar-refractivity contribution >= 4 is 11.8 Å². The Hall–Kier alpha value is -0.990. The molecule has 0 bridgehead atoms. The summed E-state index contributed by atoms with van der Waals surface area (Å²) in [6, 6.07) is 7.63. The molecule has 1 aromatic rings. The van der Waals surface area contributed by atoms with Gasteiger partial charge in [-0.15, -0.1) is 11.8 Å². The Kier molecular flexibility index (Phi) is 4.89. The molecule has 0 amide bonds. The first-order chi connectivity index (χ1) is 9.13. The lowest BCUT2D eigenvalue weighted by Crippen LogP contribution is -2.34. The Balaban J connectivity index is 2.05. The zero-order valence-corrected chi connectivity index (χ0v) is 11.7. The Morgan fingerprint density at radius 2 is 1.89 bits per heavy atom. The number of aliphatic hydroxyl groups is 2. The highest BCUT2D eigenvalue weighted by atomic mass is 32.2. The van der Waals surface area contributed by atoms with Gasteiger partial charge in [0.25, 0.3) is 0 Å². The van der Waals surface area contributed by atoms with Crippen LogP contribution in [0.2, 0.25) is 0 Å². The molecular weight excluding hydrogens is 260 g/mol. The van der Waals surface area contributed by atoms with E-state index in [0.29, 0.717) is 26.1 Å². The molecule has 102 valence electrons. The van der Waals surface area contributed by atoms with Crippen LogP contribution in [-0.4, -0.2) is 35.3 Å². The molecule has 1 aliphatic heterocycles. The molecule has 2 rings (SSSR count). The van der Waals surface area contributed by atoms with Crippen molar-refractivity contribution in [3.8, 4) is 11.8 Å². The quantitative estimate of drug-likeness (QED) is 0.641. The molecule has 1 saturated heterocycles. The van der Waals surface area contributed by atoms with E-state index in [1.807, 2.05) is 30.5 Å². The van der Waals surface area contributed by atoms with Gasteiger partial charge in [0, 0.05) is 17.7 Å². The SMILES string of the molecule is CSc1ccc(C(O)C#CC2(O)CCOCC2)cc1. The number of hydrogen-bond acceptors (Lipinski definition) is 4. The van der Waals surface area contributed by atoms with Crippen molar-refractivity contribution in [3.05, 3.63) is 29.8 Å². The summed E-state index contributed by atoms with van der Waals surface area (Å²) in [6.07, 6.45) is 2.14. The third-order valence-electron chi connectivity index (χ3n) is 3.19. The molecule has 1 atom stereocenters. The molecule has 1 unspecified atom stereocenters. The maximum atomic E-state index is 10.2. The van der Waals surface area contributed by atoms with Gasteiger partial charge in [0.05, 0.1) is 13.2 Å². The number of rotatable bonds is 2. The van der Waals surface area contributed by atoms with Crippen LogP contribution in [0.25, 0.3) is 0 Å². The van der Waals surface area contributed by atoms with Crippen LogP contribution in [0.5, 0.6) is 0 Å². The topological polar surface area (TPSA) is 49.7 Å². The number of benzene rings is 1. The zero-order valence-electron chi connectivity index (χ0n) is 10.9. The smallest absolute Gasteiger partial charge is 0.140 e. The molecule has 3 nitrogen and oxygen atoms in total. The van der Waals surface area contributed by atoms with Crippen molar-refractivity contribution < 1.29 is 14.9 Å². The average Bonchev–Trinajstić information content (AvgIpc) is 2.46. The summed E-state index contributed by atoms with van der Waals surface area (Å²) in [5.74, 6) is 5.53. The summed E-state index contributed by atoms with van der Waals surface area (Å²) in [5.41, 5.74) is -0.265. The lowest BCUT2D eigenvalue weighted by Gasteiger charge is -2.26. The van der Waals surface area contributed by atoms with Gasteiger partial charge in [0.1, 0.15) is 11.7 Å². The van der Waals surface area contributed by atoms with Gasteiger partial charge in [0.15, 0.2) is 0 Å². The Morgan fingerprint density at radius 1 is 1.26 bits per heavy atom. The molecule has 0 spiro atoms. The fraction of sp³-hybridized carbons (Fsp3) is 0.467. The maximum absolute atomic E-state index is 10.2. The molecule has 4 heteroatoms. The van der Waals surface area contributed by atoms with Gasteiger partial charge in [-0.25, -0.2) is 0 Å². The van der Waals surface area contributed by atoms with Crippen LogP contribution >= 0.6 is 11.8 Å². The first-order valence-corrected chi connectivity index (χ1v) is 7.50. The van der Waals surface area contributed by atoms with E-state index < -0.39 is 11.7 Å². The largest absolute Gasteiger partial charge is 0.381 e. The predicted molar refractivity (Wildman–Crippen MR) is 76.0 cm³/mol. The molecule has 1 aliphatic rings. The predicted octanol–water partition coefficient (Wildman–Crippen LogP) is 1.99. The van der Waals surface area contributed by atoms with E-state index in [4.69, 9.17) is 4.74 Å². The third-order valence-corrected chi connectivity index (χ3v) is 3.94. The molecule has 1 aromatic carbocycles. The first kappa shape index (κ1) is 14.4. The van der Waals surface area contributed by atoms with Crippen molar-refractivity contribution in [3.63, 3.8) is 0 Å². The van der Waals surface area contributed by atoms with E-state index >= 15 is 0 Å². The monoisotopic (exact) mass is 278 g/mol. The van der Waals surface area contributed by atoms with Crippen LogP contribution in [-0.2, 0) is 4.74 Å². The van der Waals surface area contributed by atoms with E-state index in [9.17, 15) is 10.2 Å². The molecule has 0 radical (unpaired) electrons. The minimum absolute atomic E-state index is 0.498. The summed E-state index contributed by atoms with van der Waals surface area (Å²) in [4.78, 5) is 1.15. The van der Waals surface area contributed by atoms with Crippen molar-refractivity contribution in [1.82, 2.24) is 0 Å². The molecule has 19 heavy (non-hydrogen) atoms. The third kappa shape index (κ3) is 3.99. The minimum atomic E-state index is -1.02. The van der Waals surface area contributed by atoms with Crippen molar-refractivity contribution in [1.29, 1.82) is 0 Å². The summed E-state index contributed by atoms with van der Waals surface area (Å²) < 4.78 is 5.19. The van der Waals surface area contributed by atoms with E-state index in [1.165, 1.54) is 0 Å². The number of ether oxygens (including phenoxy) is 1. The molecule has 0 aliphatic carbocycles. The van der Waals surface area contributed by atoms with Gasteiger partial charge in [-0.3, -0.25) is 0 Å². The van der Waals surface area contributed by atoms with Crippen LogP contribution in [0.15, 0.2) is 29.2 Å². The fourth-order valence-corrected chi connectivity index (χ4v) is 2.31. The molecular formula is C15H18O3S. The van der Waals surface area contributed by atoms with Crippen LogP contribution < -0.4 is 0 Å². The number of thioether (sulfide) groups is 1. The van der Waals surface area contributed by atoms with E-state index in [2.05, 4.69) is 11.8 Å². The van der Waals surface area contributed by atoms with Crippen molar-refractivity contribution in [2.75, 3.05) is 19.5 Å². The number of aliphatic hydroxyl groups excluding tert-OH is 1. The second-order valence-corrected chi connectivity index (χ2v) is 5.47. The molecule has 1 fully saturated rings. The van der Waals surface area contributed by atoms with Gasteiger partial charge in [0.2, 0.25) is 0 Å². The molecule has 0 aromatic heterocycles. The normalized spacial score (nSPS) is 19.3. The van der Waals surface area contributed by atoms with E-state index in [-0.39, 0.29) is 0 Å². The Labute approximate surface area is 118 Å². The highest BCUT2D eigenvalue weighted by Gasteiger charge is 2.27. The van der Waals surface area contributed by atoms with Gasteiger partial charge in [-0.1, -0.05) is 24.0 Å². The maximum Gasteiger partial charge on any atom is 0.140 e. The summed E-state index contributed by atoms with van der Waals surface area (Å²) in [6.45, 7) is 1.04. The van der Waals surface area contributed by atoms with Gasteiger partial charge >= 0.3 is 0 Å². The molecule has 1 heterocycles. The van der Waals surface area contributed by atoms with Crippen LogP contribution in [0.3, 0.4) is 0 Å². The van der Waals surface area contributed by atoms with Crippen molar-refractivity contribution in [2.24, 2.45) is 0 Å². The second-order valence-electron chi connectivity index (χ2n) is 4.59. The summed E-state index contributed by atoms with van der Waals surface area (Å²) in [7, 11) is 0. The summed E-state index contributed by atoms with van der Waals surface area (Å²) in [5, 5.41) is 20.2. The lowest BCUT2D eigenvalue weighted by atomic mass is 9.94. The molecule has 2 N–H and O–H groups in total. The van der Waals surface area contributed by atoms with E-state index in [1.54, 1.807) is 11.8 Å². The Bertz CT molecular complexity index is 466. The lowest BCUT2D eigenvalue weighted by molar-refractivity contribution is -0.0264. The average molecular weight is 278 g/mol. The number of hydrogen-bond donors (Lipinski definition) is 2. The summed E-state index contributed by atoms with van der Waals surface area (Å²) >= 11 is 1.65. The fourth-order valence-electron chi connectivity index (χ4n) is 1.91. The van der Waals surface area contributed by atoms with Crippen LogP contribution in [0.1, 0.15) is 24.5 Å². The van der Waals surface area contributed by atoms with Gasteiger partial charge < -0.3 is 14.9 Å². The highest BCUT2D eigenvalue weighted by molar-refractivity contribution is 7.98. The van der Waals surface area contributed by atoms with Crippen LogP contribution in [0, 0.1) is 11.8 Å². The minimum Gasteiger partial charge on any atom is -0.381 e. The van der Waals surface area contributed by atoms with Gasteiger partial charge in [-0.05, 0) is 24.0 Å². The first-order valence-electron chi connectivity index (χ1n) is 6.28. The Morgan fingerprint density at radius 3 is 2.47 bits per heavy atom. The molecule has 0 saturated carbocycles. The standard InChI is InChI=1S/C15H18O3S/c1-19-13-4-2-12(3-5-13)14(16)6-7-15(17)8-10-18-11-9-15/h2-5,14,16-17H,8-11H2,1H3. The highest BCUT2D eigenvalue weighted by Crippen LogP contribution is 2.21. The zero-order chi connectivity index (χ0) is 13.7. The van der Waals surface area contributed by atoms with E-state index in [0.717, 1.165) is 10.5 Å². The second kappa shape index (κ2) is 6.44. The van der Waals surface area contributed by atoms with Crippen LogP contribution in [0.4, 0.5) is 0 Å².